The first-order valence-electron chi connectivity index (χ1n) is 6.45. The Morgan fingerprint density at radius 1 is 1.57 bits per heavy atom. The Morgan fingerprint density at radius 2 is 2.33 bits per heavy atom. The fourth-order valence-electron chi connectivity index (χ4n) is 1.78. The number of nitrogens with one attached hydrogen (secondary N) is 1. The van der Waals surface area contributed by atoms with Gasteiger partial charge in [0.1, 0.15) is 5.82 Å². The predicted octanol–water partition coefficient (Wildman–Crippen LogP) is 3.73. The predicted molar refractivity (Wildman–Crippen MR) is 86.0 cm³/mol. The van der Waals surface area contributed by atoms with Gasteiger partial charge in [0.05, 0.1) is 34.4 Å². The van der Waals surface area contributed by atoms with Gasteiger partial charge in [-0.15, -0.1) is 11.3 Å². The van der Waals surface area contributed by atoms with Gasteiger partial charge in [-0.05, 0) is 32.0 Å². The molecule has 112 valence electrons. The second kappa shape index (κ2) is 6.78. The van der Waals surface area contributed by atoms with Crippen molar-refractivity contribution in [3.8, 4) is 0 Å². The van der Waals surface area contributed by atoms with E-state index < -0.39 is 5.97 Å². The zero-order chi connectivity index (χ0) is 15.4. The number of hydrogen-bond donors (Lipinski definition) is 2. The van der Waals surface area contributed by atoms with Gasteiger partial charge in [-0.3, -0.25) is 0 Å². The lowest BCUT2D eigenvalue weighted by Gasteiger charge is -2.14. The maximum absolute atomic E-state index is 11.8. The molecule has 5 nitrogen and oxygen atoms in total. The molecule has 0 amide bonds. The maximum Gasteiger partial charge on any atom is 0.340 e. The molecule has 0 fully saturated rings. The van der Waals surface area contributed by atoms with E-state index in [1.165, 1.54) is 17.5 Å². The van der Waals surface area contributed by atoms with Crippen LogP contribution < -0.4 is 11.1 Å². The molecule has 0 aliphatic carbocycles. The fraction of sp³-hybridized carbons (Fsp3) is 0.286. The van der Waals surface area contributed by atoms with Crippen LogP contribution >= 0.6 is 22.9 Å². The molecule has 2 aromatic heterocycles. The quantitative estimate of drug-likeness (QED) is 0.819. The van der Waals surface area contributed by atoms with Crippen LogP contribution in [0.5, 0.6) is 0 Å². The largest absolute Gasteiger partial charge is 0.462 e. The molecule has 2 rings (SSSR count). The number of carbonyl (C=O) groups excluding carboxylic acids is 1. The summed E-state index contributed by atoms with van der Waals surface area (Å²) in [4.78, 5) is 17.1. The number of hydrogen-bond acceptors (Lipinski definition) is 6. The number of nitrogens with two attached hydrogens (primary N) is 1. The van der Waals surface area contributed by atoms with Crippen molar-refractivity contribution in [1.29, 1.82) is 0 Å². The first-order chi connectivity index (χ1) is 10.0. The number of carbonyl (C=O) groups is 1. The molecule has 0 spiro atoms. The van der Waals surface area contributed by atoms with Gasteiger partial charge in [-0.25, -0.2) is 9.78 Å². The minimum atomic E-state index is -0.452. The molecular formula is C14H16ClN3O2S. The molecular weight excluding hydrogens is 310 g/mol. The monoisotopic (exact) mass is 325 g/mol. The number of nitrogens with zero attached hydrogens (tertiary/aromatic N) is 1. The van der Waals surface area contributed by atoms with Crippen LogP contribution in [0.25, 0.3) is 0 Å². The highest BCUT2D eigenvalue weighted by Crippen LogP contribution is 2.29. The van der Waals surface area contributed by atoms with Crippen LogP contribution in [0.15, 0.2) is 24.4 Å². The van der Waals surface area contributed by atoms with Crippen LogP contribution in [-0.2, 0) is 4.74 Å². The number of ether oxygens (including phenoxy) is 1. The third-order valence-corrected chi connectivity index (χ3v) is 4.23. The zero-order valence-electron chi connectivity index (χ0n) is 11.7. The van der Waals surface area contributed by atoms with Gasteiger partial charge >= 0.3 is 5.97 Å². The van der Waals surface area contributed by atoms with Gasteiger partial charge in [0.25, 0.3) is 0 Å². The van der Waals surface area contributed by atoms with Gasteiger partial charge in [0.15, 0.2) is 0 Å². The van der Waals surface area contributed by atoms with Crippen LogP contribution in [0.3, 0.4) is 0 Å². The highest BCUT2D eigenvalue weighted by Gasteiger charge is 2.14. The lowest BCUT2D eigenvalue weighted by molar-refractivity contribution is 0.0527. The van der Waals surface area contributed by atoms with Gasteiger partial charge in [-0.1, -0.05) is 11.6 Å². The van der Waals surface area contributed by atoms with E-state index in [2.05, 4.69) is 10.3 Å². The molecule has 0 bridgehead atoms. The number of aromatic nitrogens is 1. The highest BCUT2D eigenvalue weighted by atomic mass is 35.5. The summed E-state index contributed by atoms with van der Waals surface area (Å²) in [5.41, 5.74) is 6.37. The molecule has 1 unspecified atom stereocenters. The third kappa shape index (κ3) is 3.86. The topological polar surface area (TPSA) is 77.2 Å². The van der Waals surface area contributed by atoms with Crippen molar-refractivity contribution in [2.45, 2.75) is 19.9 Å². The Labute approximate surface area is 132 Å². The fourth-order valence-corrected chi connectivity index (χ4v) is 2.85. The second-order valence-electron chi connectivity index (χ2n) is 4.39. The first kappa shape index (κ1) is 15.6. The average molecular weight is 326 g/mol. The smallest absolute Gasteiger partial charge is 0.340 e. The van der Waals surface area contributed by atoms with Crippen molar-refractivity contribution >= 4 is 40.4 Å². The van der Waals surface area contributed by atoms with E-state index in [1.807, 2.05) is 19.1 Å². The van der Waals surface area contributed by atoms with E-state index in [1.54, 1.807) is 13.0 Å². The normalized spacial score (nSPS) is 12.0. The van der Waals surface area contributed by atoms with E-state index in [9.17, 15) is 4.79 Å². The molecule has 7 heteroatoms. The van der Waals surface area contributed by atoms with Crippen LogP contribution in [0, 0.1) is 0 Å². The number of anilines is 2. The van der Waals surface area contributed by atoms with Crippen molar-refractivity contribution in [3.63, 3.8) is 0 Å². The van der Waals surface area contributed by atoms with E-state index >= 15 is 0 Å². The molecule has 3 N–H and O–H groups in total. The Balaban J connectivity index is 2.17. The second-order valence-corrected chi connectivity index (χ2v) is 6.13. The summed E-state index contributed by atoms with van der Waals surface area (Å²) in [6.07, 6.45) is 1.45. The number of esters is 1. The van der Waals surface area contributed by atoms with Gasteiger partial charge in [0, 0.05) is 4.88 Å². The van der Waals surface area contributed by atoms with Gasteiger partial charge < -0.3 is 15.8 Å². The van der Waals surface area contributed by atoms with Crippen LogP contribution in [0.4, 0.5) is 11.5 Å². The summed E-state index contributed by atoms with van der Waals surface area (Å²) in [5.74, 6) is 0.108. The Bertz CT molecular complexity index is 645. The molecule has 2 aromatic rings. The van der Waals surface area contributed by atoms with Crippen molar-refractivity contribution in [3.05, 3.63) is 39.2 Å². The Hall–Kier alpha value is -1.79. The van der Waals surface area contributed by atoms with Crippen molar-refractivity contribution in [2.75, 3.05) is 17.7 Å². The van der Waals surface area contributed by atoms with Crippen molar-refractivity contribution in [2.24, 2.45) is 0 Å². The Kier molecular flexibility index (Phi) is 5.03. The summed E-state index contributed by atoms with van der Waals surface area (Å²) in [6.45, 7) is 4.04. The summed E-state index contributed by atoms with van der Waals surface area (Å²) in [6, 6.07) is 5.42. The standard InChI is InChI=1S/C14H16ClN3O2S/c1-3-20-14(19)9-6-13(17-7-10(9)16)18-8(2)11-4-5-12(15)21-11/h4-8H,3,16H2,1-2H3,(H,17,18). The van der Waals surface area contributed by atoms with Gasteiger partial charge in [-0.2, -0.15) is 0 Å². The molecule has 1 atom stereocenters. The number of thiophene rings is 1. The van der Waals surface area contributed by atoms with E-state index in [0.717, 1.165) is 9.21 Å². The summed E-state index contributed by atoms with van der Waals surface area (Å²) in [5, 5.41) is 3.21. The van der Waals surface area contributed by atoms with Crippen LogP contribution in [0.1, 0.15) is 35.1 Å². The number of nitrogen functional groups attached to an aromatic ring is 1. The van der Waals surface area contributed by atoms with Crippen LogP contribution in [-0.4, -0.2) is 17.6 Å². The minimum absolute atomic E-state index is 0.0219. The molecule has 0 aliphatic heterocycles. The highest BCUT2D eigenvalue weighted by molar-refractivity contribution is 7.16. The summed E-state index contributed by atoms with van der Waals surface area (Å²) < 4.78 is 5.70. The van der Waals surface area contributed by atoms with E-state index in [0.29, 0.717) is 23.7 Å². The first-order valence-corrected chi connectivity index (χ1v) is 7.65. The molecule has 0 saturated heterocycles. The van der Waals surface area contributed by atoms with Crippen molar-refractivity contribution < 1.29 is 9.53 Å². The minimum Gasteiger partial charge on any atom is -0.462 e. The van der Waals surface area contributed by atoms with E-state index in [-0.39, 0.29) is 6.04 Å². The van der Waals surface area contributed by atoms with Gasteiger partial charge in [0.2, 0.25) is 0 Å². The summed E-state index contributed by atoms with van der Waals surface area (Å²) >= 11 is 7.42. The molecule has 0 aliphatic rings. The maximum atomic E-state index is 11.8. The average Bonchev–Trinajstić information content (AvgIpc) is 2.88. The molecule has 21 heavy (non-hydrogen) atoms. The molecule has 0 saturated carbocycles. The number of rotatable bonds is 5. The van der Waals surface area contributed by atoms with E-state index in [4.69, 9.17) is 22.1 Å². The number of pyridine rings is 1. The molecule has 0 aromatic carbocycles. The van der Waals surface area contributed by atoms with Crippen molar-refractivity contribution in [1.82, 2.24) is 4.98 Å². The third-order valence-electron chi connectivity index (χ3n) is 2.82. The zero-order valence-corrected chi connectivity index (χ0v) is 13.3. The van der Waals surface area contributed by atoms with Crippen LogP contribution in [0.2, 0.25) is 4.34 Å². The summed E-state index contributed by atoms with van der Waals surface area (Å²) in [7, 11) is 0. The lowest BCUT2D eigenvalue weighted by Crippen LogP contribution is -2.11. The molecule has 0 radical (unpaired) electrons. The Morgan fingerprint density at radius 3 is 2.95 bits per heavy atom. The SMILES string of the molecule is CCOC(=O)c1cc(NC(C)c2ccc(Cl)s2)ncc1N. The molecule has 2 heterocycles. The lowest BCUT2D eigenvalue weighted by atomic mass is 10.2. The number of halogens is 1.